The molecule has 1 fully saturated rings. The Morgan fingerprint density at radius 3 is 2.64 bits per heavy atom. The number of halogens is 1. The average molecular weight is 211 g/mol. The van der Waals surface area contributed by atoms with E-state index < -0.39 is 0 Å². The molecule has 0 saturated carbocycles. The Balaban J connectivity index is 2.26. The lowest BCUT2D eigenvalue weighted by molar-refractivity contribution is 0.0653. The molecule has 1 aromatic carbocycles. The zero-order valence-corrected chi connectivity index (χ0v) is 8.42. The van der Waals surface area contributed by atoms with Gasteiger partial charge in [-0.15, -0.1) is 0 Å². The molecule has 0 atom stereocenters. The summed E-state index contributed by atoms with van der Waals surface area (Å²) in [6.45, 7) is 1.67. The standard InChI is InChI=1S/C10H11ClN2O/c11-7-2-3-8(9(12)6-7)10(14)13-4-1-5-13/h2-3,6H,1,4-5,12H2. The largest absolute Gasteiger partial charge is 0.398 e. The van der Waals surface area contributed by atoms with Crippen LogP contribution in [-0.2, 0) is 0 Å². The van der Waals surface area contributed by atoms with Gasteiger partial charge in [0.2, 0.25) is 0 Å². The Kier molecular flexibility index (Phi) is 2.33. The maximum Gasteiger partial charge on any atom is 0.255 e. The SMILES string of the molecule is Nc1cc(Cl)ccc1C(=O)N1CCC1. The van der Waals surface area contributed by atoms with Crippen molar-refractivity contribution in [2.75, 3.05) is 18.8 Å². The molecule has 2 N–H and O–H groups in total. The van der Waals surface area contributed by atoms with Crippen LogP contribution in [0.5, 0.6) is 0 Å². The second-order valence-electron chi connectivity index (χ2n) is 3.38. The molecule has 2 rings (SSSR count). The van der Waals surface area contributed by atoms with Crippen molar-refractivity contribution in [3.63, 3.8) is 0 Å². The summed E-state index contributed by atoms with van der Waals surface area (Å²) in [6.07, 6.45) is 1.08. The molecule has 1 aromatic rings. The molecule has 0 radical (unpaired) electrons. The minimum Gasteiger partial charge on any atom is -0.398 e. The number of hydrogen-bond acceptors (Lipinski definition) is 2. The lowest BCUT2D eigenvalue weighted by Gasteiger charge is -2.31. The first-order valence-electron chi connectivity index (χ1n) is 4.53. The Morgan fingerprint density at radius 2 is 2.14 bits per heavy atom. The molecule has 4 heteroatoms. The van der Waals surface area contributed by atoms with E-state index in [-0.39, 0.29) is 5.91 Å². The van der Waals surface area contributed by atoms with Gasteiger partial charge in [-0.05, 0) is 24.6 Å². The number of hydrogen-bond donors (Lipinski definition) is 1. The van der Waals surface area contributed by atoms with Crippen molar-refractivity contribution < 1.29 is 4.79 Å². The van der Waals surface area contributed by atoms with Crippen molar-refractivity contribution in [3.8, 4) is 0 Å². The van der Waals surface area contributed by atoms with Crippen molar-refractivity contribution in [1.29, 1.82) is 0 Å². The highest BCUT2D eigenvalue weighted by Crippen LogP contribution is 2.21. The van der Waals surface area contributed by atoms with Crippen LogP contribution in [0.3, 0.4) is 0 Å². The molecule has 0 unspecified atom stereocenters. The summed E-state index contributed by atoms with van der Waals surface area (Å²) in [5.74, 6) is 0.00502. The van der Waals surface area contributed by atoms with E-state index in [2.05, 4.69) is 0 Å². The van der Waals surface area contributed by atoms with Crippen LogP contribution in [0.15, 0.2) is 18.2 Å². The van der Waals surface area contributed by atoms with E-state index in [1.165, 1.54) is 0 Å². The topological polar surface area (TPSA) is 46.3 Å². The maximum atomic E-state index is 11.8. The van der Waals surface area contributed by atoms with Crippen molar-refractivity contribution in [2.24, 2.45) is 0 Å². The van der Waals surface area contributed by atoms with Crippen LogP contribution in [0.4, 0.5) is 5.69 Å². The first-order valence-corrected chi connectivity index (χ1v) is 4.90. The number of carbonyl (C=O) groups excluding carboxylic acids is 1. The van der Waals surface area contributed by atoms with E-state index in [9.17, 15) is 4.79 Å². The highest BCUT2D eigenvalue weighted by Gasteiger charge is 2.22. The summed E-state index contributed by atoms with van der Waals surface area (Å²) >= 11 is 5.74. The molecule has 1 heterocycles. The fraction of sp³-hybridized carbons (Fsp3) is 0.300. The van der Waals surface area contributed by atoms with E-state index in [0.717, 1.165) is 19.5 Å². The maximum absolute atomic E-state index is 11.8. The molecule has 1 amide bonds. The van der Waals surface area contributed by atoms with Gasteiger partial charge in [-0.25, -0.2) is 0 Å². The number of anilines is 1. The van der Waals surface area contributed by atoms with E-state index >= 15 is 0 Å². The molecule has 0 aliphatic carbocycles. The molecule has 0 aromatic heterocycles. The van der Waals surface area contributed by atoms with Gasteiger partial charge in [0.25, 0.3) is 5.91 Å². The number of nitrogens with two attached hydrogens (primary N) is 1. The van der Waals surface area contributed by atoms with Crippen molar-refractivity contribution >= 4 is 23.2 Å². The molecule has 74 valence electrons. The smallest absolute Gasteiger partial charge is 0.255 e. The highest BCUT2D eigenvalue weighted by atomic mass is 35.5. The minimum atomic E-state index is 0.00502. The Morgan fingerprint density at radius 1 is 1.43 bits per heavy atom. The number of likely N-dealkylation sites (tertiary alicyclic amines) is 1. The van der Waals surface area contributed by atoms with Crippen LogP contribution in [0.25, 0.3) is 0 Å². The van der Waals surface area contributed by atoms with Crippen LogP contribution >= 0.6 is 11.6 Å². The van der Waals surface area contributed by atoms with Gasteiger partial charge in [0.1, 0.15) is 0 Å². The van der Waals surface area contributed by atoms with Gasteiger partial charge >= 0.3 is 0 Å². The molecule has 0 bridgehead atoms. The summed E-state index contributed by atoms with van der Waals surface area (Å²) in [5, 5.41) is 0.558. The van der Waals surface area contributed by atoms with Gasteiger partial charge < -0.3 is 10.6 Å². The van der Waals surface area contributed by atoms with Crippen LogP contribution < -0.4 is 5.73 Å². The molecular weight excluding hydrogens is 200 g/mol. The van der Waals surface area contributed by atoms with Gasteiger partial charge in [-0.1, -0.05) is 11.6 Å². The predicted octanol–water partition coefficient (Wildman–Crippen LogP) is 1.77. The lowest BCUT2D eigenvalue weighted by Crippen LogP contribution is -2.42. The minimum absolute atomic E-state index is 0.00502. The normalized spacial score (nSPS) is 15.1. The monoisotopic (exact) mass is 210 g/mol. The van der Waals surface area contributed by atoms with E-state index in [4.69, 9.17) is 17.3 Å². The number of carbonyl (C=O) groups is 1. The predicted molar refractivity (Wildman–Crippen MR) is 56.4 cm³/mol. The van der Waals surface area contributed by atoms with E-state index in [0.29, 0.717) is 16.3 Å². The Hall–Kier alpha value is -1.22. The molecule has 0 spiro atoms. The van der Waals surface area contributed by atoms with Crippen LogP contribution in [0.2, 0.25) is 5.02 Å². The molecule has 3 nitrogen and oxygen atoms in total. The van der Waals surface area contributed by atoms with Crippen LogP contribution in [-0.4, -0.2) is 23.9 Å². The molecule has 1 saturated heterocycles. The fourth-order valence-corrected chi connectivity index (χ4v) is 1.60. The number of nitrogens with zero attached hydrogens (tertiary/aromatic N) is 1. The van der Waals surface area contributed by atoms with Gasteiger partial charge in [0, 0.05) is 23.8 Å². The van der Waals surface area contributed by atoms with Gasteiger partial charge in [-0.3, -0.25) is 4.79 Å². The van der Waals surface area contributed by atoms with Crippen molar-refractivity contribution in [1.82, 2.24) is 4.90 Å². The summed E-state index contributed by atoms with van der Waals surface area (Å²) in [6, 6.07) is 4.97. The lowest BCUT2D eigenvalue weighted by atomic mass is 10.1. The van der Waals surface area contributed by atoms with Crippen LogP contribution in [0.1, 0.15) is 16.8 Å². The highest BCUT2D eigenvalue weighted by molar-refractivity contribution is 6.31. The molecular formula is C10H11ClN2O. The zero-order chi connectivity index (χ0) is 10.1. The first-order chi connectivity index (χ1) is 6.68. The van der Waals surface area contributed by atoms with E-state index in [1.54, 1.807) is 23.1 Å². The third kappa shape index (κ3) is 1.55. The van der Waals surface area contributed by atoms with Gasteiger partial charge in [0.15, 0.2) is 0 Å². The van der Waals surface area contributed by atoms with Gasteiger partial charge in [-0.2, -0.15) is 0 Å². The van der Waals surface area contributed by atoms with Crippen molar-refractivity contribution in [2.45, 2.75) is 6.42 Å². The molecule has 1 aliphatic rings. The Labute approximate surface area is 87.4 Å². The first kappa shape index (κ1) is 9.34. The number of benzene rings is 1. The van der Waals surface area contributed by atoms with Crippen molar-refractivity contribution in [3.05, 3.63) is 28.8 Å². The summed E-state index contributed by atoms with van der Waals surface area (Å²) in [5.41, 5.74) is 6.71. The summed E-state index contributed by atoms with van der Waals surface area (Å²) in [7, 11) is 0. The van der Waals surface area contributed by atoms with E-state index in [1.807, 2.05) is 0 Å². The third-order valence-corrected chi connectivity index (χ3v) is 2.62. The van der Waals surface area contributed by atoms with Gasteiger partial charge in [0.05, 0.1) is 5.56 Å². The Bertz CT molecular complexity index is 374. The summed E-state index contributed by atoms with van der Waals surface area (Å²) in [4.78, 5) is 13.5. The fourth-order valence-electron chi connectivity index (χ4n) is 1.42. The number of rotatable bonds is 1. The third-order valence-electron chi connectivity index (χ3n) is 2.39. The van der Waals surface area contributed by atoms with Crippen LogP contribution in [0, 0.1) is 0 Å². The second kappa shape index (κ2) is 3.50. The number of nitrogen functional groups attached to an aromatic ring is 1. The molecule has 14 heavy (non-hydrogen) atoms. The summed E-state index contributed by atoms with van der Waals surface area (Å²) < 4.78 is 0. The average Bonchev–Trinajstić information content (AvgIpc) is 2.00. The molecule has 1 aliphatic heterocycles. The second-order valence-corrected chi connectivity index (χ2v) is 3.81. The zero-order valence-electron chi connectivity index (χ0n) is 7.66. The number of amides is 1. The quantitative estimate of drug-likeness (QED) is 0.719.